The normalized spacial score (nSPS) is 25.0. The van der Waals surface area contributed by atoms with Crippen molar-refractivity contribution in [2.24, 2.45) is 11.3 Å². The van der Waals surface area contributed by atoms with Crippen molar-refractivity contribution < 1.29 is 9.53 Å². The van der Waals surface area contributed by atoms with Crippen LogP contribution in [-0.4, -0.2) is 30.8 Å². The van der Waals surface area contributed by atoms with Crippen molar-refractivity contribution in [3.8, 4) is 0 Å². The molecule has 0 aliphatic carbocycles. The quantitative estimate of drug-likeness (QED) is 0.798. The Morgan fingerprint density at radius 2 is 1.83 bits per heavy atom. The van der Waals surface area contributed by atoms with Gasteiger partial charge in [0.05, 0.1) is 0 Å². The number of carbonyl (C=O) groups excluding carboxylic acids is 1. The molecule has 18 heavy (non-hydrogen) atoms. The third kappa shape index (κ3) is 5.71. The number of nitrogens with one attached hydrogen (secondary N) is 2. The van der Waals surface area contributed by atoms with Gasteiger partial charge in [-0.2, -0.15) is 0 Å². The summed E-state index contributed by atoms with van der Waals surface area (Å²) >= 11 is 0. The van der Waals surface area contributed by atoms with Gasteiger partial charge in [-0.05, 0) is 38.5 Å². The van der Waals surface area contributed by atoms with Gasteiger partial charge in [0.15, 0.2) is 0 Å². The molecular formula is C14H28N2O2. The highest BCUT2D eigenvalue weighted by molar-refractivity contribution is 5.68. The van der Waals surface area contributed by atoms with E-state index in [-0.39, 0.29) is 17.6 Å². The lowest BCUT2D eigenvalue weighted by Gasteiger charge is -2.28. The average molecular weight is 256 g/mol. The molecule has 106 valence electrons. The molecule has 2 atom stereocenters. The molecule has 1 rings (SSSR count). The molecule has 2 unspecified atom stereocenters. The zero-order valence-corrected chi connectivity index (χ0v) is 12.6. The average Bonchev–Trinajstić information content (AvgIpc) is 2.45. The molecule has 4 nitrogen and oxygen atoms in total. The number of alkyl carbamates (subject to hydrolysis) is 1. The molecule has 1 fully saturated rings. The monoisotopic (exact) mass is 256 g/mol. The van der Waals surface area contributed by atoms with E-state index in [1.807, 2.05) is 20.8 Å². The summed E-state index contributed by atoms with van der Waals surface area (Å²) in [5.41, 5.74) is -0.153. The van der Waals surface area contributed by atoms with E-state index in [4.69, 9.17) is 4.74 Å². The lowest BCUT2D eigenvalue weighted by Crippen LogP contribution is -2.43. The summed E-state index contributed by atoms with van der Waals surface area (Å²) in [6.07, 6.45) is 0.788. The molecule has 4 heteroatoms. The van der Waals surface area contributed by atoms with E-state index in [9.17, 15) is 4.79 Å². The maximum atomic E-state index is 11.8. The van der Waals surface area contributed by atoms with Gasteiger partial charge in [-0.1, -0.05) is 20.8 Å². The lowest BCUT2D eigenvalue weighted by molar-refractivity contribution is 0.0491. The van der Waals surface area contributed by atoms with Crippen LogP contribution in [0.4, 0.5) is 4.79 Å². The van der Waals surface area contributed by atoms with Crippen LogP contribution in [0.1, 0.15) is 48.0 Å². The van der Waals surface area contributed by atoms with Crippen LogP contribution < -0.4 is 10.6 Å². The van der Waals surface area contributed by atoms with Crippen LogP contribution in [-0.2, 0) is 4.74 Å². The highest BCUT2D eigenvalue weighted by Crippen LogP contribution is 2.28. The molecule has 1 aliphatic heterocycles. The second-order valence-corrected chi connectivity index (χ2v) is 7.44. The Morgan fingerprint density at radius 1 is 1.22 bits per heavy atom. The molecule has 1 aliphatic rings. The highest BCUT2D eigenvalue weighted by atomic mass is 16.6. The second-order valence-electron chi connectivity index (χ2n) is 7.44. The van der Waals surface area contributed by atoms with Gasteiger partial charge >= 0.3 is 6.09 Å². The van der Waals surface area contributed by atoms with Gasteiger partial charge in [0.1, 0.15) is 5.60 Å². The fourth-order valence-electron chi connectivity index (χ4n) is 2.36. The SMILES string of the molecule is CC(C)(C)CC1CNCC1NC(=O)OC(C)(C)C. The zero-order valence-electron chi connectivity index (χ0n) is 12.6. The fourth-order valence-corrected chi connectivity index (χ4v) is 2.36. The topological polar surface area (TPSA) is 50.4 Å². The molecule has 0 spiro atoms. The Balaban J connectivity index is 2.48. The van der Waals surface area contributed by atoms with Crippen LogP contribution in [0.3, 0.4) is 0 Å². The summed E-state index contributed by atoms with van der Waals surface area (Å²) < 4.78 is 5.30. The van der Waals surface area contributed by atoms with Crippen LogP contribution >= 0.6 is 0 Å². The van der Waals surface area contributed by atoms with E-state index in [0.717, 1.165) is 19.5 Å². The molecule has 0 aromatic heterocycles. The van der Waals surface area contributed by atoms with Crippen molar-refractivity contribution in [1.29, 1.82) is 0 Å². The fraction of sp³-hybridized carbons (Fsp3) is 0.929. The van der Waals surface area contributed by atoms with Crippen molar-refractivity contribution in [1.82, 2.24) is 10.6 Å². The van der Waals surface area contributed by atoms with Gasteiger partial charge < -0.3 is 15.4 Å². The summed E-state index contributed by atoms with van der Waals surface area (Å²) in [5, 5.41) is 6.33. The summed E-state index contributed by atoms with van der Waals surface area (Å²) in [4.78, 5) is 11.8. The van der Waals surface area contributed by atoms with Crippen molar-refractivity contribution in [3.05, 3.63) is 0 Å². The van der Waals surface area contributed by atoms with Gasteiger partial charge in [0, 0.05) is 19.1 Å². The predicted molar refractivity (Wildman–Crippen MR) is 73.6 cm³/mol. The van der Waals surface area contributed by atoms with E-state index in [1.54, 1.807) is 0 Å². The first-order valence-corrected chi connectivity index (χ1v) is 6.77. The number of hydrogen-bond donors (Lipinski definition) is 2. The van der Waals surface area contributed by atoms with Crippen LogP contribution in [0.15, 0.2) is 0 Å². The maximum Gasteiger partial charge on any atom is 0.407 e. The number of amides is 1. The van der Waals surface area contributed by atoms with E-state index in [2.05, 4.69) is 31.4 Å². The van der Waals surface area contributed by atoms with Crippen LogP contribution in [0.2, 0.25) is 0 Å². The predicted octanol–water partition coefficient (Wildman–Crippen LogP) is 2.54. The molecule has 1 amide bonds. The Labute approximate surface area is 111 Å². The Hall–Kier alpha value is -0.770. The summed E-state index contributed by atoms with van der Waals surface area (Å²) in [6.45, 7) is 14.1. The molecule has 1 heterocycles. The molecule has 0 bridgehead atoms. The second kappa shape index (κ2) is 5.47. The molecule has 0 radical (unpaired) electrons. The minimum absolute atomic E-state index is 0.180. The Morgan fingerprint density at radius 3 is 2.33 bits per heavy atom. The van der Waals surface area contributed by atoms with Gasteiger partial charge in [-0.15, -0.1) is 0 Å². The van der Waals surface area contributed by atoms with Crippen LogP contribution in [0, 0.1) is 11.3 Å². The van der Waals surface area contributed by atoms with E-state index in [0.29, 0.717) is 5.92 Å². The highest BCUT2D eigenvalue weighted by Gasteiger charge is 2.32. The summed E-state index contributed by atoms with van der Waals surface area (Å²) in [7, 11) is 0. The standard InChI is InChI=1S/C14H28N2O2/c1-13(2,3)7-10-8-15-9-11(10)16-12(17)18-14(4,5)6/h10-11,15H,7-9H2,1-6H3,(H,16,17). The smallest absolute Gasteiger partial charge is 0.407 e. The number of carbonyl (C=O) groups is 1. The van der Waals surface area contributed by atoms with Gasteiger partial charge in [-0.3, -0.25) is 0 Å². The largest absolute Gasteiger partial charge is 0.444 e. The third-order valence-electron chi connectivity index (χ3n) is 2.92. The van der Waals surface area contributed by atoms with Gasteiger partial charge in [-0.25, -0.2) is 4.79 Å². The Kier molecular flexibility index (Phi) is 4.65. The number of hydrogen-bond acceptors (Lipinski definition) is 3. The van der Waals surface area contributed by atoms with Crippen molar-refractivity contribution in [2.75, 3.05) is 13.1 Å². The summed E-state index contributed by atoms with van der Waals surface area (Å²) in [6, 6.07) is 0.180. The molecular weight excluding hydrogens is 228 g/mol. The lowest BCUT2D eigenvalue weighted by atomic mass is 9.82. The molecule has 0 saturated carbocycles. The first-order chi connectivity index (χ1) is 8.07. The maximum absolute atomic E-state index is 11.8. The van der Waals surface area contributed by atoms with Crippen LogP contribution in [0.25, 0.3) is 0 Å². The van der Waals surface area contributed by atoms with Crippen LogP contribution in [0.5, 0.6) is 0 Å². The zero-order chi connectivity index (χ0) is 14.0. The molecule has 0 aromatic rings. The van der Waals surface area contributed by atoms with Crippen molar-refractivity contribution in [3.63, 3.8) is 0 Å². The minimum Gasteiger partial charge on any atom is -0.444 e. The summed E-state index contributed by atoms with van der Waals surface area (Å²) in [5.74, 6) is 0.484. The minimum atomic E-state index is -0.435. The molecule has 0 aromatic carbocycles. The first kappa shape index (κ1) is 15.3. The van der Waals surface area contributed by atoms with E-state index < -0.39 is 5.60 Å². The Bertz CT molecular complexity index is 289. The van der Waals surface area contributed by atoms with Gasteiger partial charge in [0.25, 0.3) is 0 Å². The first-order valence-electron chi connectivity index (χ1n) is 6.77. The third-order valence-corrected chi connectivity index (χ3v) is 2.92. The molecule has 2 N–H and O–H groups in total. The van der Waals surface area contributed by atoms with Crippen molar-refractivity contribution in [2.45, 2.75) is 59.6 Å². The number of rotatable bonds is 2. The number of ether oxygens (including phenoxy) is 1. The molecule has 1 saturated heterocycles. The van der Waals surface area contributed by atoms with E-state index in [1.165, 1.54) is 0 Å². The van der Waals surface area contributed by atoms with Gasteiger partial charge in [0.2, 0.25) is 0 Å². The van der Waals surface area contributed by atoms with E-state index >= 15 is 0 Å². The van der Waals surface area contributed by atoms with Crippen molar-refractivity contribution >= 4 is 6.09 Å².